The van der Waals surface area contributed by atoms with E-state index in [0.717, 1.165) is 47.9 Å². The number of aromatic amines is 1. The average Bonchev–Trinajstić information content (AvgIpc) is 3.62. The number of hydrogen-bond donors (Lipinski definition) is 2. The quantitative estimate of drug-likeness (QED) is 0.216. The van der Waals surface area contributed by atoms with Gasteiger partial charge in [-0.3, -0.25) is 9.89 Å². The lowest BCUT2D eigenvalue weighted by molar-refractivity contribution is -0.116. The summed E-state index contributed by atoms with van der Waals surface area (Å²) in [7, 11) is 0. The number of fused-ring (bicyclic) bond motifs is 1. The van der Waals surface area contributed by atoms with Gasteiger partial charge in [-0.1, -0.05) is 67.1 Å². The predicted octanol–water partition coefficient (Wildman–Crippen LogP) is 7.25. The van der Waals surface area contributed by atoms with E-state index in [0.29, 0.717) is 22.9 Å². The Balaban J connectivity index is 0.00000168. The molecule has 0 aliphatic heterocycles. The smallest absolute Gasteiger partial charge is 0.244 e. The summed E-state index contributed by atoms with van der Waals surface area (Å²) in [4.78, 5) is 12.1. The summed E-state index contributed by atoms with van der Waals surface area (Å²) in [5.41, 5.74) is 7.25. The number of nitrogens with zero attached hydrogens (tertiary/aromatic N) is 1. The fraction of sp³-hybridized carbons (Fsp3) is 0.226. The molecule has 5 heteroatoms. The second kappa shape index (κ2) is 9.57. The maximum Gasteiger partial charge on any atom is 0.244 e. The van der Waals surface area contributed by atoms with Gasteiger partial charge in [0.15, 0.2) is 0 Å². The number of amides is 1. The monoisotopic (exact) mass is 481 g/mol. The van der Waals surface area contributed by atoms with Crippen LogP contribution < -0.4 is 5.32 Å². The van der Waals surface area contributed by atoms with Crippen LogP contribution in [0.3, 0.4) is 0 Å². The minimum atomic E-state index is -0.416. The standard InChI is InChI=1S/C31H28FN3O.2H2/c32-31-26-19-24(14-17-27(26)34-35-31)30(29(22-7-4-8-22)21-5-2-1-3-6-21)23-12-9-20(10-13-23)11-18-28(36)33-25-15-16-25;;/h1-3,5-6,9-14,17-19,22,25H,4,7-8,15-16H2,(H,33,36)(H,34,35);2*1H/b18-11+,30-29-;;. The highest BCUT2D eigenvalue weighted by Gasteiger charge is 2.27. The molecule has 1 heterocycles. The molecule has 2 fully saturated rings. The molecule has 3 aromatic carbocycles. The number of allylic oxidation sites excluding steroid dienone is 1. The zero-order chi connectivity index (χ0) is 24.5. The maximum atomic E-state index is 14.5. The minimum absolute atomic E-state index is 0. The Hall–Kier alpha value is -3.99. The molecule has 1 aromatic heterocycles. The number of aromatic nitrogens is 2. The van der Waals surface area contributed by atoms with E-state index >= 15 is 0 Å². The Kier molecular flexibility index (Phi) is 5.98. The minimum Gasteiger partial charge on any atom is -0.350 e. The van der Waals surface area contributed by atoms with Crippen LogP contribution in [0.1, 0.15) is 57.2 Å². The molecule has 1 amide bonds. The summed E-state index contributed by atoms with van der Waals surface area (Å²) in [5.74, 6) is -0.00648. The van der Waals surface area contributed by atoms with Crippen molar-refractivity contribution in [3.05, 3.63) is 107 Å². The van der Waals surface area contributed by atoms with Crippen LogP contribution in [-0.4, -0.2) is 22.1 Å². The van der Waals surface area contributed by atoms with E-state index in [-0.39, 0.29) is 8.76 Å². The van der Waals surface area contributed by atoms with Crippen molar-refractivity contribution in [1.82, 2.24) is 15.5 Å². The van der Waals surface area contributed by atoms with Gasteiger partial charge in [-0.2, -0.15) is 9.49 Å². The summed E-state index contributed by atoms with van der Waals surface area (Å²) < 4.78 is 14.5. The molecule has 4 aromatic rings. The molecule has 0 radical (unpaired) electrons. The fourth-order valence-corrected chi connectivity index (χ4v) is 4.92. The van der Waals surface area contributed by atoms with Gasteiger partial charge in [-0.25, -0.2) is 0 Å². The fourth-order valence-electron chi connectivity index (χ4n) is 4.92. The lowest BCUT2D eigenvalue weighted by Crippen LogP contribution is -2.22. The molecule has 0 saturated heterocycles. The predicted molar refractivity (Wildman–Crippen MR) is 147 cm³/mol. The molecule has 36 heavy (non-hydrogen) atoms. The van der Waals surface area contributed by atoms with E-state index in [1.807, 2.05) is 42.5 Å². The van der Waals surface area contributed by atoms with Gasteiger partial charge >= 0.3 is 0 Å². The number of hydrogen-bond acceptors (Lipinski definition) is 2. The number of carbonyl (C=O) groups excluding carboxylic acids is 1. The van der Waals surface area contributed by atoms with Gasteiger partial charge in [0.1, 0.15) is 0 Å². The number of benzene rings is 3. The first-order valence-corrected chi connectivity index (χ1v) is 12.7. The molecular weight excluding hydrogens is 449 g/mol. The van der Waals surface area contributed by atoms with E-state index in [2.05, 4.69) is 51.9 Å². The summed E-state index contributed by atoms with van der Waals surface area (Å²) in [6.07, 6.45) is 9.10. The van der Waals surface area contributed by atoms with Crippen LogP contribution in [-0.2, 0) is 4.79 Å². The summed E-state index contributed by atoms with van der Waals surface area (Å²) >= 11 is 0. The Bertz CT molecular complexity index is 1470. The molecule has 6 rings (SSSR count). The topological polar surface area (TPSA) is 57.8 Å². The van der Waals surface area contributed by atoms with Gasteiger partial charge in [0.2, 0.25) is 11.9 Å². The largest absolute Gasteiger partial charge is 0.350 e. The van der Waals surface area contributed by atoms with Crippen LogP contribution in [0.15, 0.2) is 78.9 Å². The van der Waals surface area contributed by atoms with Crippen molar-refractivity contribution in [2.75, 3.05) is 0 Å². The number of H-pyrrole nitrogens is 1. The first kappa shape index (κ1) is 22.5. The van der Waals surface area contributed by atoms with Gasteiger partial charge in [0, 0.05) is 15.0 Å². The van der Waals surface area contributed by atoms with Crippen LogP contribution in [0, 0.1) is 11.9 Å². The first-order valence-electron chi connectivity index (χ1n) is 12.7. The maximum absolute atomic E-state index is 14.5. The molecule has 2 N–H and O–H groups in total. The molecule has 4 nitrogen and oxygen atoms in total. The summed E-state index contributed by atoms with van der Waals surface area (Å²) in [6.45, 7) is 0. The molecule has 0 spiro atoms. The van der Waals surface area contributed by atoms with E-state index in [1.54, 1.807) is 6.08 Å². The van der Waals surface area contributed by atoms with Gasteiger partial charge in [0.25, 0.3) is 0 Å². The lowest BCUT2D eigenvalue weighted by atomic mass is 9.73. The molecular formula is C31H32FN3O. The third-order valence-corrected chi connectivity index (χ3v) is 7.21. The first-order chi connectivity index (χ1) is 17.7. The molecule has 2 aliphatic carbocycles. The van der Waals surface area contributed by atoms with E-state index < -0.39 is 5.95 Å². The molecule has 0 unspecified atom stereocenters. The SMILES string of the molecule is O=C(/C=C/c1ccc(/C(=C(\c2ccccc2)C2CCC2)c2ccc3n[nH]c(F)c3c2)cc1)NC1CC1.[HH].[HH]. The molecule has 0 bridgehead atoms. The van der Waals surface area contributed by atoms with Crippen molar-refractivity contribution >= 4 is 34.0 Å². The van der Waals surface area contributed by atoms with Crippen LogP contribution in [0.4, 0.5) is 4.39 Å². The average molecular weight is 482 g/mol. The molecule has 2 saturated carbocycles. The Morgan fingerprint density at radius 3 is 2.39 bits per heavy atom. The van der Waals surface area contributed by atoms with Crippen LogP contribution in [0.2, 0.25) is 0 Å². The normalized spacial score (nSPS) is 16.7. The van der Waals surface area contributed by atoms with Crippen molar-refractivity contribution in [2.24, 2.45) is 5.92 Å². The van der Waals surface area contributed by atoms with Crippen molar-refractivity contribution in [2.45, 2.75) is 38.1 Å². The highest BCUT2D eigenvalue weighted by Crippen LogP contribution is 2.45. The van der Waals surface area contributed by atoms with Crippen molar-refractivity contribution in [1.29, 1.82) is 0 Å². The summed E-state index contributed by atoms with van der Waals surface area (Å²) in [5, 5.41) is 10.0. The van der Waals surface area contributed by atoms with E-state index in [4.69, 9.17) is 0 Å². The summed E-state index contributed by atoms with van der Waals surface area (Å²) in [6, 6.07) is 25.0. The third-order valence-electron chi connectivity index (χ3n) is 7.21. The second-order valence-corrected chi connectivity index (χ2v) is 9.79. The Morgan fingerprint density at radius 2 is 1.69 bits per heavy atom. The number of rotatable bonds is 7. The van der Waals surface area contributed by atoms with Gasteiger partial charge in [-0.05, 0) is 83.2 Å². The highest BCUT2D eigenvalue weighted by molar-refractivity contribution is 6.01. The van der Waals surface area contributed by atoms with Crippen molar-refractivity contribution in [3.8, 4) is 0 Å². The molecule has 184 valence electrons. The van der Waals surface area contributed by atoms with Gasteiger partial charge < -0.3 is 5.32 Å². The van der Waals surface area contributed by atoms with Crippen LogP contribution in [0.5, 0.6) is 0 Å². The van der Waals surface area contributed by atoms with E-state index in [9.17, 15) is 9.18 Å². The number of nitrogens with one attached hydrogen (secondary N) is 2. The third kappa shape index (κ3) is 4.61. The van der Waals surface area contributed by atoms with Crippen molar-refractivity contribution < 1.29 is 12.0 Å². The van der Waals surface area contributed by atoms with Crippen LogP contribution >= 0.6 is 0 Å². The Morgan fingerprint density at radius 1 is 0.944 bits per heavy atom. The van der Waals surface area contributed by atoms with Gasteiger partial charge in [-0.15, -0.1) is 0 Å². The lowest BCUT2D eigenvalue weighted by Gasteiger charge is -2.31. The van der Waals surface area contributed by atoms with Crippen molar-refractivity contribution in [3.63, 3.8) is 0 Å². The zero-order valence-electron chi connectivity index (χ0n) is 20.0. The Labute approximate surface area is 212 Å². The number of carbonyl (C=O) groups is 1. The second-order valence-electron chi connectivity index (χ2n) is 9.79. The molecule has 0 atom stereocenters. The highest BCUT2D eigenvalue weighted by atomic mass is 19.1. The molecule has 2 aliphatic rings. The van der Waals surface area contributed by atoms with Crippen LogP contribution in [0.25, 0.3) is 28.1 Å². The zero-order valence-corrected chi connectivity index (χ0v) is 20.0. The van der Waals surface area contributed by atoms with E-state index in [1.165, 1.54) is 17.6 Å². The number of halogens is 1. The van der Waals surface area contributed by atoms with Gasteiger partial charge in [0.05, 0.1) is 10.9 Å².